The molecule has 1 unspecified atom stereocenters. The van der Waals surface area contributed by atoms with Crippen molar-refractivity contribution in [2.75, 3.05) is 6.26 Å². The summed E-state index contributed by atoms with van der Waals surface area (Å²) < 4.78 is 35.6. The predicted octanol–water partition coefficient (Wildman–Crippen LogP) is 2.11. The molecule has 20 heavy (non-hydrogen) atoms. The molecule has 0 saturated carbocycles. The maximum atomic E-state index is 13.8. The zero-order valence-corrected chi connectivity index (χ0v) is 12.7. The lowest BCUT2D eigenvalue weighted by Gasteiger charge is -2.29. The second-order valence-corrected chi connectivity index (χ2v) is 7.96. The third-order valence-corrected chi connectivity index (χ3v) is 5.60. The van der Waals surface area contributed by atoms with E-state index < -0.39 is 25.9 Å². The molecule has 0 amide bonds. The number of sulfone groups is 1. The number of rotatable bonds is 5. The molecule has 2 N–H and O–H groups in total. The lowest BCUT2D eigenvalue weighted by Crippen LogP contribution is -2.39. The van der Waals surface area contributed by atoms with Gasteiger partial charge in [-0.05, 0) is 32.8 Å². The van der Waals surface area contributed by atoms with E-state index >= 15 is 0 Å². The van der Waals surface area contributed by atoms with Crippen LogP contribution in [0.1, 0.15) is 32.3 Å². The number of nitrogens with two attached hydrogens (primary N) is 1. The van der Waals surface area contributed by atoms with E-state index in [1.807, 2.05) is 6.07 Å². The summed E-state index contributed by atoms with van der Waals surface area (Å²) in [6.45, 7) is 2.99. The van der Waals surface area contributed by atoms with E-state index in [-0.39, 0.29) is 12.8 Å². The molecule has 1 rings (SSSR count). The number of hydrogen-bond acceptors (Lipinski definition) is 4. The lowest BCUT2D eigenvalue weighted by molar-refractivity contribution is 0.398. The fraction of sp³-hybridized carbons (Fsp3) is 0.500. The largest absolute Gasteiger partial charge is 0.322 e. The van der Waals surface area contributed by atoms with E-state index in [0.717, 1.165) is 6.26 Å². The van der Waals surface area contributed by atoms with E-state index in [2.05, 4.69) is 0 Å². The predicted molar refractivity (Wildman–Crippen MR) is 76.0 cm³/mol. The average molecular weight is 298 g/mol. The van der Waals surface area contributed by atoms with Gasteiger partial charge in [0.1, 0.15) is 5.82 Å². The minimum atomic E-state index is -3.54. The Morgan fingerprint density at radius 1 is 1.30 bits per heavy atom. The van der Waals surface area contributed by atoms with Crippen molar-refractivity contribution in [2.45, 2.75) is 37.0 Å². The van der Waals surface area contributed by atoms with Gasteiger partial charge in [0.15, 0.2) is 14.6 Å². The number of nitriles is 1. The van der Waals surface area contributed by atoms with Crippen molar-refractivity contribution in [2.24, 2.45) is 5.73 Å². The van der Waals surface area contributed by atoms with Gasteiger partial charge >= 0.3 is 0 Å². The van der Waals surface area contributed by atoms with Crippen LogP contribution in [0.2, 0.25) is 0 Å². The van der Waals surface area contributed by atoms with E-state index in [1.165, 1.54) is 13.0 Å². The summed E-state index contributed by atoms with van der Waals surface area (Å²) in [5.41, 5.74) is 5.38. The molecule has 0 aromatic heterocycles. The van der Waals surface area contributed by atoms with Gasteiger partial charge in [-0.3, -0.25) is 0 Å². The van der Waals surface area contributed by atoms with Gasteiger partial charge in [-0.1, -0.05) is 18.2 Å². The molecule has 0 aliphatic heterocycles. The quantitative estimate of drug-likeness (QED) is 0.902. The van der Waals surface area contributed by atoms with Crippen LogP contribution in [0.4, 0.5) is 4.39 Å². The number of hydrogen-bond donors (Lipinski definition) is 1. The molecule has 0 spiro atoms. The number of benzene rings is 1. The Kier molecular flexibility index (Phi) is 4.57. The van der Waals surface area contributed by atoms with Crippen molar-refractivity contribution in [1.29, 1.82) is 5.26 Å². The van der Waals surface area contributed by atoms with Crippen LogP contribution in [-0.2, 0) is 15.4 Å². The van der Waals surface area contributed by atoms with Gasteiger partial charge in [-0.15, -0.1) is 0 Å². The highest BCUT2D eigenvalue weighted by molar-refractivity contribution is 7.92. The monoisotopic (exact) mass is 298 g/mol. The van der Waals surface area contributed by atoms with Gasteiger partial charge in [-0.2, -0.15) is 5.26 Å². The van der Waals surface area contributed by atoms with E-state index in [4.69, 9.17) is 11.0 Å². The molecule has 6 heteroatoms. The Balaban J connectivity index is 3.00. The molecular formula is C14H19FN2O2S. The molecule has 0 aliphatic rings. The Morgan fingerprint density at radius 2 is 1.85 bits per heavy atom. The summed E-state index contributed by atoms with van der Waals surface area (Å²) in [5, 5.41) is 9.10. The standard InChI is InChI=1S/C14H19FN2O2S/c1-13(10-16,20(3,18)19)8-9-14(2,17)11-6-4-5-7-12(11)15/h4-7H,8-9,17H2,1-3H3/t13?,14-/m0/s1. The fourth-order valence-electron chi connectivity index (χ4n) is 1.88. The first-order valence-electron chi connectivity index (χ1n) is 6.18. The maximum absolute atomic E-state index is 13.8. The summed E-state index contributed by atoms with van der Waals surface area (Å²) >= 11 is 0. The molecule has 0 fully saturated rings. The Labute approximate surface area is 119 Å². The van der Waals surface area contributed by atoms with Crippen LogP contribution in [-0.4, -0.2) is 19.4 Å². The first-order valence-corrected chi connectivity index (χ1v) is 8.07. The summed E-state index contributed by atoms with van der Waals surface area (Å²) in [6, 6.07) is 7.93. The van der Waals surface area contributed by atoms with Crippen molar-refractivity contribution in [1.82, 2.24) is 0 Å². The van der Waals surface area contributed by atoms with Crippen LogP contribution in [0, 0.1) is 17.1 Å². The maximum Gasteiger partial charge on any atom is 0.166 e. The zero-order chi connectivity index (χ0) is 15.6. The SMILES string of the molecule is CC(C#N)(CC[C@](C)(N)c1ccccc1F)S(C)(=O)=O. The molecule has 0 saturated heterocycles. The summed E-state index contributed by atoms with van der Waals surface area (Å²) in [4.78, 5) is 0. The highest BCUT2D eigenvalue weighted by Gasteiger charge is 2.38. The third-order valence-electron chi connectivity index (χ3n) is 3.67. The topological polar surface area (TPSA) is 83.9 Å². The number of nitrogens with zero attached hydrogens (tertiary/aromatic N) is 1. The second-order valence-electron chi connectivity index (χ2n) is 5.51. The first kappa shape index (κ1) is 16.6. The lowest BCUT2D eigenvalue weighted by atomic mass is 9.85. The van der Waals surface area contributed by atoms with Crippen LogP contribution >= 0.6 is 0 Å². The minimum absolute atomic E-state index is 0.0453. The highest BCUT2D eigenvalue weighted by atomic mass is 32.2. The molecular weight excluding hydrogens is 279 g/mol. The molecule has 1 aromatic carbocycles. The van der Waals surface area contributed by atoms with Crippen LogP contribution in [0.5, 0.6) is 0 Å². The Bertz CT molecular complexity index is 635. The van der Waals surface area contributed by atoms with E-state index in [1.54, 1.807) is 25.1 Å². The van der Waals surface area contributed by atoms with Gasteiger partial charge in [0.2, 0.25) is 0 Å². The molecule has 0 bridgehead atoms. The fourth-order valence-corrected chi connectivity index (χ4v) is 2.52. The molecule has 2 atom stereocenters. The Hall–Kier alpha value is -1.45. The zero-order valence-electron chi connectivity index (χ0n) is 11.9. The third kappa shape index (κ3) is 3.35. The van der Waals surface area contributed by atoms with Crippen LogP contribution < -0.4 is 5.73 Å². The van der Waals surface area contributed by atoms with Gasteiger partial charge in [0.05, 0.1) is 6.07 Å². The van der Waals surface area contributed by atoms with Crippen molar-refractivity contribution >= 4 is 9.84 Å². The Morgan fingerprint density at radius 3 is 2.30 bits per heavy atom. The van der Waals surface area contributed by atoms with Crippen LogP contribution in [0.25, 0.3) is 0 Å². The summed E-state index contributed by atoms with van der Waals surface area (Å²) in [6.07, 6.45) is 1.25. The molecule has 0 radical (unpaired) electrons. The first-order chi connectivity index (χ1) is 9.03. The summed E-state index contributed by atoms with van der Waals surface area (Å²) in [7, 11) is -3.54. The summed E-state index contributed by atoms with van der Waals surface area (Å²) in [5.74, 6) is -0.435. The normalized spacial score (nSPS) is 17.8. The molecule has 0 aliphatic carbocycles. The van der Waals surface area contributed by atoms with Crippen molar-refractivity contribution in [3.05, 3.63) is 35.6 Å². The van der Waals surface area contributed by atoms with Gasteiger partial charge in [-0.25, -0.2) is 12.8 Å². The molecule has 110 valence electrons. The van der Waals surface area contributed by atoms with Gasteiger partial charge in [0.25, 0.3) is 0 Å². The molecule has 0 heterocycles. The van der Waals surface area contributed by atoms with Crippen LogP contribution in [0.3, 0.4) is 0 Å². The second kappa shape index (κ2) is 5.51. The minimum Gasteiger partial charge on any atom is -0.322 e. The van der Waals surface area contributed by atoms with Crippen molar-refractivity contribution < 1.29 is 12.8 Å². The van der Waals surface area contributed by atoms with Gasteiger partial charge in [0, 0.05) is 17.4 Å². The highest BCUT2D eigenvalue weighted by Crippen LogP contribution is 2.31. The average Bonchev–Trinajstić information content (AvgIpc) is 2.35. The molecule has 4 nitrogen and oxygen atoms in total. The number of halogens is 1. The van der Waals surface area contributed by atoms with E-state index in [0.29, 0.717) is 5.56 Å². The van der Waals surface area contributed by atoms with Crippen LogP contribution in [0.15, 0.2) is 24.3 Å². The molecule has 1 aromatic rings. The van der Waals surface area contributed by atoms with Crippen molar-refractivity contribution in [3.63, 3.8) is 0 Å². The smallest absolute Gasteiger partial charge is 0.166 e. The van der Waals surface area contributed by atoms with Gasteiger partial charge < -0.3 is 5.73 Å². The van der Waals surface area contributed by atoms with Crippen molar-refractivity contribution in [3.8, 4) is 6.07 Å². The van der Waals surface area contributed by atoms with E-state index in [9.17, 15) is 12.8 Å².